The molecule has 4 aliphatic heterocycles. The van der Waals surface area contributed by atoms with Crippen molar-refractivity contribution < 1.29 is 67.1 Å². The molecule has 0 spiro atoms. The fraction of sp³-hybridized carbons (Fsp3) is 0.708. The Morgan fingerprint density at radius 1 is 0.969 bits per heavy atom. The highest BCUT2D eigenvalue weighted by Crippen LogP contribution is 2.58. The molecule has 2 amide bonds. The van der Waals surface area contributed by atoms with Crippen LogP contribution in [0.5, 0.6) is 0 Å². The molecule has 8 atom stereocenters. The Balaban J connectivity index is 1.23. The lowest BCUT2D eigenvalue weighted by Crippen LogP contribution is -2.69. The fourth-order valence-corrected chi connectivity index (χ4v) is 9.60. The molecule has 1 aliphatic carbocycles. The van der Waals surface area contributed by atoms with Crippen molar-refractivity contribution in [2.24, 2.45) is 10.8 Å². The lowest BCUT2D eigenvalue weighted by Gasteiger charge is -2.48. The van der Waals surface area contributed by atoms with E-state index in [1.807, 2.05) is 6.07 Å². The van der Waals surface area contributed by atoms with Crippen molar-refractivity contribution in [2.45, 2.75) is 186 Å². The van der Waals surface area contributed by atoms with E-state index in [2.05, 4.69) is 24.5 Å². The Kier molecular flexibility index (Phi) is 16.2. The van der Waals surface area contributed by atoms with Gasteiger partial charge in [-0.15, -0.1) is 0 Å². The number of hydrogen-bond donors (Lipinski definition) is 3. The van der Waals surface area contributed by atoms with Gasteiger partial charge in [-0.1, -0.05) is 77.6 Å². The van der Waals surface area contributed by atoms with Crippen LogP contribution in [-0.2, 0) is 68.6 Å². The molecule has 17 heteroatoms. The van der Waals surface area contributed by atoms with Crippen LogP contribution in [0.15, 0.2) is 30.3 Å². The number of amides is 2. The number of aliphatic hydroxyl groups excluding tert-OH is 1. The van der Waals surface area contributed by atoms with E-state index in [4.69, 9.17) is 33.3 Å². The number of fused-ring (bicyclic) bond motifs is 4. The number of carbonyl (C=O) groups is 6. The van der Waals surface area contributed by atoms with Crippen molar-refractivity contribution >= 4 is 41.8 Å². The van der Waals surface area contributed by atoms with Crippen LogP contribution in [0.3, 0.4) is 0 Å². The quantitative estimate of drug-likeness (QED) is 0.0620. The Morgan fingerprint density at radius 2 is 1.66 bits per heavy atom. The van der Waals surface area contributed by atoms with Gasteiger partial charge >= 0.3 is 23.9 Å². The third-order valence-corrected chi connectivity index (χ3v) is 12.9. The number of benzene rings is 1. The molecule has 4 heterocycles. The molecule has 17 nitrogen and oxygen atoms in total. The van der Waals surface area contributed by atoms with Gasteiger partial charge in [0.25, 0.3) is 0 Å². The predicted octanol–water partition coefficient (Wildman–Crippen LogP) is 4.74. The maximum absolute atomic E-state index is 14.9. The Hall–Kier alpha value is -4.42. The van der Waals surface area contributed by atoms with Gasteiger partial charge in [-0.05, 0) is 57.2 Å². The topological polar surface area (TPSA) is 215 Å². The minimum Gasteiger partial charge on any atom is -0.462 e. The van der Waals surface area contributed by atoms with Gasteiger partial charge in [0.2, 0.25) is 17.9 Å². The number of carbonyl (C=O) groups excluding carboxylic acids is 6. The zero-order valence-electron chi connectivity index (χ0n) is 39.0. The summed E-state index contributed by atoms with van der Waals surface area (Å²) in [4.78, 5) is 86.7. The number of rotatable bonds is 22. The largest absolute Gasteiger partial charge is 0.462 e. The first-order valence-electron chi connectivity index (χ1n) is 23.4. The molecule has 5 fully saturated rings. The molecule has 65 heavy (non-hydrogen) atoms. The van der Waals surface area contributed by atoms with Gasteiger partial charge in [0, 0.05) is 50.1 Å². The van der Waals surface area contributed by atoms with Crippen molar-refractivity contribution in [3.8, 4) is 0 Å². The Labute approximate surface area is 381 Å². The fourth-order valence-electron chi connectivity index (χ4n) is 9.60. The van der Waals surface area contributed by atoms with E-state index in [0.717, 1.165) is 38.5 Å². The standard InChI is InChI=1S/C48H69N3O14/c1-8-10-14-23-47(24-15-11-9-2)63-37-33-26-48(44(58)49-25-22-34(53)50-32(28-52)19-21-36(55)62-45(3,4)5)39(42(56)60-33)51(65-40(48)38(37)64-47)27-31-17-13-12-16-30(31)18-20-35(54)61-41-43(57)59-29-46(41,6)7/h12-13,16-18,20,32-33,37-41,52H,8-11,14-15,19,21-29H2,1-7H3,(H,49,58)(H,50,53). The normalized spacial score (nSPS) is 28.0. The average Bonchev–Trinajstić information content (AvgIpc) is 3.88. The molecule has 5 aliphatic rings. The van der Waals surface area contributed by atoms with E-state index in [0.29, 0.717) is 24.0 Å². The molecular formula is C48H69N3O14. The highest BCUT2D eigenvalue weighted by molar-refractivity contribution is 5.94. The van der Waals surface area contributed by atoms with Crippen molar-refractivity contribution in [2.75, 3.05) is 19.8 Å². The first kappa shape index (κ1) is 50.0. The zero-order chi connectivity index (χ0) is 47.2. The first-order chi connectivity index (χ1) is 30.8. The van der Waals surface area contributed by atoms with Gasteiger partial charge in [-0.25, -0.2) is 9.59 Å². The molecule has 1 aromatic rings. The number of hydrogen-bond acceptors (Lipinski definition) is 15. The van der Waals surface area contributed by atoms with Gasteiger partial charge in [-0.2, -0.15) is 5.06 Å². The molecule has 4 saturated heterocycles. The van der Waals surface area contributed by atoms with Gasteiger partial charge < -0.3 is 44.2 Å². The van der Waals surface area contributed by atoms with Crippen LogP contribution < -0.4 is 10.6 Å². The number of cyclic esters (lactones) is 1. The van der Waals surface area contributed by atoms with Crippen LogP contribution in [0.25, 0.3) is 6.08 Å². The van der Waals surface area contributed by atoms with Gasteiger partial charge in [0.05, 0.1) is 19.2 Å². The molecule has 6 rings (SSSR count). The van der Waals surface area contributed by atoms with Gasteiger partial charge in [0.1, 0.15) is 42.0 Å². The number of ether oxygens (including phenoxy) is 6. The van der Waals surface area contributed by atoms with Crippen LogP contribution in [0, 0.1) is 10.8 Å². The van der Waals surface area contributed by atoms with E-state index in [-0.39, 0.29) is 45.4 Å². The summed E-state index contributed by atoms with van der Waals surface area (Å²) in [5, 5.41) is 17.1. The predicted molar refractivity (Wildman–Crippen MR) is 234 cm³/mol. The summed E-state index contributed by atoms with van der Waals surface area (Å²) in [6.45, 7) is 12.7. The zero-order valence-corrected chi connectivity index (χ0v) is 39.0. The summed E-state index contributed by atoms with van der Waals surface area (Å²) >= 11 is 0. The van der Waals surface area contributed by atoms with Crippen LogP contribution >= 0.6 is 0 Å². The third kappa shape index (κ3) is 11.6. The van der Waals surface area contributed by atoms with E-state index in [1.54, 1.807) is 58.9 Å². The second-order valence-corrected chi connectivity index (χ2v) is 19.7. The summed E-state index contributed by atoms with van der Waals surface area (Å²) in [5.74, 6) is -4.36. The number of unbranched alkanes of at least 4 members (excludes halogenated alkanes) is 4. The minimum absolute atomic E-state index is 0.00184. The Morgan fingerprint density at radius 3 is 2.31 bits per heavy atom. The van der Waals surface area contributed by atoms with Crippen molar-refractivity contribution in [1.29, 1.82) is 0 Å². The molecule has 3 N–H and O–H groups in total. The summed E-state index contributed by atoms with van der Waals surface area (Å²) < 4.78 is 36.0. The smallest absolute Gasteiger partial charge is 0.348 e. The van der Waals surface area contributed by atoms with Gasteiger partial charge in [0.15, 0.2) is 11.8 Å². The lowest BCUT2D eigenvalue weighted by atomic mass is 9.62. The Bertz CT molecular complexity index is 1920. The monoisotopic (exact) mass is 911 g/mol. The highest BCUT2D eigenvalue weighted by atomic mass is 16.8. The van der Waals surface area contributed by atoms with Crippen LogP contribution in [0.4, 0.5) is 0 Å². The first-order valence-corrected chi connectivity index (χ1v) is 23.4. The van der Waals surface area contributed by atoms with E-state index in [1.165, 1.54) is 11.1 Å². The lowest BCUT2D eigenvalue weighted by molar-refractivity contribution is -0.224. The number of hydroxylamine groups is 2. The maximum atomic E-state index is 14.9. The van der Waals surface area contributed by atoms with E-state index in [9.17, 15) is 33.9 Å². The third-order valence-electron chi connectivity index (χ3n) is 12.9. The molecule has 2 bridgehead atoms. The number of aliphatic hydroxyl groups is 1. The second kappa shape index (κ2) is 21.0. The molecule has 360 valence electrons. The molecular weight excluding hydrogens is 843 g/mol. The van der Waals surface area contributed by atoms with Crippen LogP contribution in [0.1, 0.15) is 137 Å². The van der Waals surface area contributed by atoms with Crippen molar-refractivity contribution in [1.82, 2.24) is 15.7 Å². The molecule has 0 radical (unpaired) electrons. The number of esters is 4. The van der Waals surface area contributed by atoms with Crippen LogP contribution in [0.2, 0.25) is 0 Å². The molecule has 1 saturated carbocycles. The van der Waals surface area contributed by atoms with E-state index >= 15 is 0 Å². The van der Waals surface area contributed by atoms with Gasteiger partial charge in [-0.3, -0.25) is 24.0 Å². The SMILES string of the molecule is CCCCCC1(CCCCC)OC2C3CC4(C(=O)NCCC(=O)NC(CO)CCC(=O)OC(C)(C)C)C(ON(Cc5ccccc5C=CC(=O)OC5C(=O)OCC5(C)C)C4C(=O)O3)C2O1. The molecule has 8 unspecified atom stereocenters. The minimum atomic E-state index is -1.51. The summed E-state index contributed by atoms with van der Waals surface area (Å²) in [7, 11) is 0. The maximum Gasteiger partial charge on any atom is 0.348 e. The average molecular weight is 912 g/mol. The number of nitrogens with one attached hydrogen (secondary N) is 2. The summed E-state index contributed by atoms with van der Waals surface area (Å²) in [5.41, 5.74) is -1.62. The summed E-state index contributed by atoms with van der Waals surface area (Å²) in [6, 6.07) is 5.26. The second-order valence-electron chi connectivity index (χ2n) is 19.7. The number of nitrogens with zero attached hydrogens (tertiary/aromatic N) is 1. The highest BCUT2D eigenvalue weighted by Gasteiger charge is 2.76. The molecule has 1 aromatic carbocycles. The van der Waals surface area contributed by atoms with Crippen molar-refractivity contribution in [3.63, 3.8) is 0 Å². The molecule has 0 aromatic heterocycles. The summed E-state index contributed by atoms with van der Waals surface area (Å²) in [6.07, 6.45) is 5.48. The van der Waals surface area contributed by atoms with Crippen LogP contribution in [-0.4, -0.2) is 120 Å². The van der Waals surface area contributed by atoms with E-state index < -0.39 is 107 Å². The van der Waals surface area contributed by atoms with Crippen molar-refractivity contribution in [3.05, 3.63) is 41.5 Å².